The van der Waals surface area contributed by atoms with E-state index < -0.39 is 5.41 Å². The Morgan fingerprint density at radius 2 is 1.89 bits per heavy atom. The van der Waals surface area contributed by atoms with Gasteiger partial charge in [-0.3, -0.25) is 14.0 Å². The molecule has 4 aromatic heterocycles. The SMILES string of the molecule is COc1cc(C(=O)N2CC3CCC2C3N)cc2nc(-c3cc4ccc([C@@H](C)NC(=O)C(C)(C)C)nc4n3CC3CC3)c(C)n12. The van der Waals surface area contributed by atoms with Crippen molar-refractivity contribution in [2.24, 2.45) is 23.0 Å². The average Bonchev–Trinajstić information content (AvgIpc) is 3.39. The second kappa shape index (κ2) is 10.3. The van der Waals surface area contributed by atoms with Crippen LogP contribution in [-0.4, -0.2) is 61.4 Å². The number of hydrogen-bond acceptors (Lipinski definition) is 6. The number of amides is 2. The number of nitrogens with one attached hydrogen (secondary N) is 1. The monoisotopic (exact) mass is 597 g/mol. The molecule has 2 aliphatic carbocycles. The quantitative estimate of drug-likeness (QED) is 0.314. The highest BCUT2D eigenvalue weighted by Crippen LogP contribution is 2.39. The predicted molar refractivity (Wildman–Crippen MR) is 169 cm³/mol. The van der Waals surface area contributed by atoms with E-state index in [0.717, 1.165) is 53.2 Å². The van der Waals surface area contributed by atoms with Crippen LogP contribution in [-0.2, 0) is 11.3 Å². The van der Waals surface area contributed by atoms with Crippen molar-refractivity contribution in [2.45, 2.75) is 85.0 Å². The normalized spacial score (nSPS) is 22.2. The highest BCUT2D eigenvalue weighted by atomic mass is 16.5. The van der Waals surface area contributed by atoms with E-state index in [1.165, 1.54) is 12.8 Å². The lowest BCUT2D eigenvalue weighted by Gasteiger charge is -2.27. The zero-order valence-electron chi connectivity index (χ0n) is 26.6. The molecule has 0 spiro atoms. The number of nitrogens with two attached hydrogens (primary N) is 1. The first kappa shape index (κ1) is 28.8. The van der Waals surface area contributed by atoms with Gasteiger partial charge in [0.05, 0.1) is 30.2 Å². The van der Waals surface area contributed by atoms with E-state index in [1.807, 2.05) is 62.1 Å². The van der Waals surface area contributed by atoms with Crippen LogP contribution in [0.5, 0.6) is 5.88 Å². The number of nitrogens with zero attached hydrogens (tertiary/aromatic N) is 5. The van der Waals surface area contributed by atoms with Gasteiger partial charge < -0.3 is 25.3 Å². The first-order valence-electron chi connectivity index (χ1n) is 15.9. The molecule has 2 amide bonds. The molecule has 0 aromatic carbocycles. The lowest BCUT2D eigenvalue weighted by molar-refractivity contribution is -0.129. The van der Waals surface area contributed by atoms with Gasteiger partial charge in [0.15, 0.2) is 5.88 Å². The molecule has 3 fully saturated rings. The van der Waals surface area contributed by atoms with Gasteiger partial charge in [0.1, 0.15) is 17.0 Å². The summed E-state index contributed by atoms with van der Waals surface area (Å²) in [4.78, 5) is 38.5. The Hall–Kier alpha value is -3.92. The number of pyridine rings is 2. The molecule has 7 rings (SSSR count). The zero-order chi connectivity index (χ0) is 31.1. The molecule has 0 radical (unpaired) electrons. The summed E-state index contributed by atoms with van der Waals surface area (Å²) in [7, 11) is 1.63. The number of aryl methyl sites for hydroxylation is 1. The average molecular weight is 598 g/mol. The Bertz CT molecular complexity index is 1790. The molecule has 4 aromatic rings. The molecule has 3 unspecified atom stereocenters. The minimum atomic E-state index is -0.481. The van der Waals surface area contributed by atoms with Crippen molar-refractivity contribution >= 4 is 28.5 Å². The van der Waals surface area contributed by atoms with E-state index in [1.54, 1.807) is 7.11 Å². The number of aromatic nitrogens is 4. The van der Waals surface area contributed by atoms with Crippen molar-refractivity contribution in [1.82, 2.24) is 29.2 Å². The number of piperidine rings is 1. The minimum Gasteiger partial charge on any atom is -0.482 e. The molecule has 1 aliphatic heterocycles. The predicted octanol–water partition coefficient (Wildman–Crippen LogP) is 4.86. The van der Waals surface area contributed by atoms with Crippen molar-refractivity contribution in [3.05, 3.63) is 47.3 Å². The third kappa shape index (κ3) is 4.74. The summed E-state index contributed by atoms with van der Waals surface area (Å²) in [6, 6.07) is 9.88. The number of carbonyl (C=O) groups is 2. The Morgan fingerprint density at radius 1 is 1.11 bits per heavy atom. The molecule has 2 saturated carbocycles. The molecule has 5 heterocycles. The summed E-state index contributed by atoms with van der Waals surface area (Å²) in [5, 5.41) is 4.15. The number of hydrogen-bond donors (Lipinski definition) is 2. The van der Waals surface area contributed by atoms with Gasteiger partial charge in [-0.1, -0.05) is 20.8 Å². The van der Waals surface area contributed by atoms with Crippen LogP contribution in [0.25, 0.3) is 28.1 Å². The van der Waals surface area contributed by atoms with Crippen LogP contribution in [0.3, 0.4) is 0 Å². The van der Waals surface area contributed by atoms with Crippen LogP contribution in [0.1, 0.15) is 81.2 Å². The van der Waals surface area contributed by atoms with Gasteiger partial charge in [0.25, 0.3) is 5.91 Å². The lowest BCUT2D eigenvalue weighted by Crippen LogP contribution is -2.41. The zero-order valence-corrected chi connectivity index (χ0v) is 26.6. The number of ether oxygens (including phenoxy) is 1. The molecule has 1 saturated heterocycles. The molecular weight excluding hydrogens is 554 g/mol. The van der Waals surface area contributed by atoms with Crippen molar-refractivity contribution in [3.63, 3.8) is 0 Å². The van der Waals surface area contributed by atoms with E-state index in [-0.39, 0.29) is 29.9 Å². The standard InChI is InChI=1S/C34H43N7O3/c1-18(36-33(43)34(3,4)5)24-11-9-21-13-26(39(31(21)37-24)16-20-7-8-20)30-19(2)41-27(38-30)14-23(15-28(41)44-6)32(42)40-17-22-10-12-25(40)29(22)35/h9,11,13-15,18,20,22,25,29H,7-8,10,12,16-17,35H2,1-6H3,(H,36,43)/t18-,22?,25?,29?/m1/s1. The fourth-order valence-electron chi connectivity index (χ4n) is 7.05. The summed E-state index contributed by atoms with van der Waals surface area (Å²) in [5.74, 6) is 1.54. The molecule has 10 heteroatoms. The van der Waals surface area contributed by atoms with E-state index in [4.69, 9.17) is 20.4 Å². The molecule has 10 nitrogen and oxygen atoms in total. The topological polar surface area (TPSA) is 120 Å². The second-order valence-electron chi connectivity index (χ2n) is 14.1. The molecule has 44 heavy (non-hydrogen) atoms. The first-order chi connectivity index (χ1) is 20.9. The third-order valence-corrected chi connectivity index (χ3v) is 9.91. The van der Waals surface area contributed by atoms with E-state index in [2.05, 4.69) is 22.0 Å². The summed E-state index contributed by atoms with van der Waals surface area (Å²) in [6.45, 7) is 11.3. The minimum absolute atomic E-state index is 0.00634. The number of imidazole rings is 1. The summed E-state index contributed by atoms with van der Waals surface area (Å²) in [5.41, 5.74) is 11.6. The van der Waals surface area contributed by atoms with E-state index in [9.17, 15) is 9.59 Å². The number of rotatable bonds is 7. The van der Waals surface area contributed by atoms with Gasteiger partial charge in [-0.2, -0.15) is 0 Å². The van der Waals surface area contributed by atoms with Crippen LogP contribution < -0.4 is 15.8 Å². The van der Waals surface area contributed by atoms with Crippen molar-refractivity contribution in [2.75, 3.05) is 13.7 Å². The van der Waals surface area contributed by atoms with Crippen LogP contribution in [0, 0.1) is 24.2 Å². The van der Waals surface area contributed by atoms with Crippen molar-refractivity contribution < 1.29 is 14.3 Å². The molecular formula is C34H43N7O3. The summed E-state index contributed by atoms with van der Waals surface area (Å²) >= 11 is 0. The van der Waals surface area contributed by atoms with Gasteiger partial charge >= 0.3 is 0 Å². The third-order valence-electron chi connectivity index (χ3n) is 9.91. The van der Waals surface area contributed by atoms with Crippen LogP contribution in [0.4, 0.5) is 0 Å². The Balaban J connectivity index is 1.29. The highest BCUT2D eigenvalue weighted by Gasteiger charge is 2.47. The van der Waals surface area contributed by atoms with Gasteiger partial charge in [-0.05, 0) is 75.6 Å². The molecule has 4 atom stereocenters. The van der Waals surface area contributed by atoms with E-state index >= 15 is 0 Å². The fourth-order valence-corrected chi connectivity index (χ4v) is 7.05. The number of fused-ring (bicyclic) bond motifs is 4. The maximum atomic E-state index is 13.7. The smallest absolute Gasteiger partial charge is 0.254 e. The Morgan fingerprint density at radius 3 is 2.52 bits per heavy atom. The summed E-state index contributed by atoms with van der Waals surface area (Å²) in [6.07, 6.45) is 4.45. The van der Waals surface area contributed by atoms with Gasteiger partial charge in [0.2, 0.25) is 5.91 Å². The van der Waals surface area contributed by atoms with Gasteiger partial charge in [-0.25, -0.2) is 9.97 Å². The molecule has 3 aliphatic rings. The molecule has 3 N–H and O–H groups in total. The second-order valence-corrected chi connectivity index (χ2v) is 14.1. The van der Waals surface area contributed by atoms with Crippen LogP contribution in [0.2, 0.25) is 0 Å². The van der Waals surface area contributed by atoms with Crippen LogP contribution >= 0.6 is 0 Å². The molecule has 232 valence electrons. The maximum Gasteiger partial charge on any atom is 0.254 e. The lowest BCUT2D eigenvalue weighted by atomic mass is 9.95. The van der Waals surface area contributed by atoms with Crippen LogP contribution in [0.15, 0.2) is 30.3 Å². The van der Waals surface area contributed by atoms with Crippen molar-refractivity contribution in [1.29, 1.82) is 0 Å². The van der Waals surface area contributed by atoms with Gasteiger partial charge in [-0.15, -0.1) is 0 Å². The number of likely N-dealkylation sites (tertiary alicyclic amines) is 1. The maximum absolute atomic E-state index is 13.7. The van der Waals surface area contributed by atoms with Crippen molar-refractivity contribution in [3.8, 4) is 17.3 Å². The number of methoxy groups -OCH3 is 1. The highest BCUT2D eigenvalue weighted by molar-refractivity contribution is 5.96. The first-order valence-corrected chi connectivity index (χ1v) is 15.9. The largest absolute Gasteiger partial charge is 0.482 e. The summed E-state index contributed by atoms with van der Waals surface area (Å²) < 4.78 is 10.1. The Labute approximate surface area is 258 Å². The van der Waals surface area contributed by atoms with Gasteiger partial charge in [0, 0.05) is 47.6 Å². The fraction of sp³-hybridized carbons (Fsp3) is 0.529. The van der Waals surface area contributed by atoms with E-state index in [0.29, 0.717) is 35.5 Å². The number of carbonyl (C=O) groups excluding carboxylic acids is 2. The molecule has 2 bridgehead atoms. The Kier molecular flexibility index (Phi) is 6.77.